The first-order chi connectivity index (χ1) is 15.0. The quantitative estimate of drug-likeness (QED) is 0.375. The van der Waals surface area contributed by atoms with Crippen LogP contribution >= 0.6 is 34.5 Å². The van der Waals surface area contributed by atoms with Crippen LogP contribution in [0.25, 0.3) is 10.6 Å². The lowest BCUT2D eigenvalue weighted by Crippen LogP contribution is -2.15. The van der Waals surface area contributed by atoms with E-state index in [-0.39, 0.29) is 16.5 Å². The van der Waals surface area contributed by atoms with E-state index in [1.54, 1.807) is 30.3 Å². The SMILES string of the molecule is O=C(Nc1nnc(-c2ccccc2)s1)c1cccc(NC(=O)c2ccc(Cl)cc2Cl)c1. The van der Waals surface area contributed by atoms with E-state index >= 15 is 0 Å². The van der Waals surface area contributed by atoms with Crippen LogP contribution in [-0.4, -0.2) is 22.0 Å². The number of hydrogen-bond donors (Lipinski definition) is 2. The van der Waals surface area contributed by atoms with Crippen LogP contribution in [0.15, 0.2) is 72.8 Å². The van der Waals surface area contributed by atoms with Crippen molar-refractivity contribution in [3.05, 3.63) is 94.0 Å². The summed E-state index contributed by atoms with van der Waals surface area (Å²) in [5.74, 6) is -0.771. The fraction of sp³-hybridized carbons (Fsp3) is 0. The Hall–Kier alpha value is -3.26. The van der Waals surface area contributed by atoms with Crippen LogP contribution in [0, 0.1) is 0 Å². The second-order valence-corrected chi connectivity index (χ2v) is 8.21. The summed E-state index contributed by atoms with van der Waals surface area (Å²) in [4.78, 5) is 25.1. The molecule has 1 heterocycles. The van der Waals surface area contributed by atoms with Crippen LogP contribution in [0.3, 0.4) is 0 Å². The van der Waals surface area contributed by atoms with Crippen molar-refractivity contribution in [1.29, 1.82) is 0 Å². The van der Waals surface area contributed by atoms with Crippen molar-refractivity contribution in [3.8, 4) is 10.6 Å². The van der Waals surface area contributed by atoms with Crippen LogP contribution in [0.4, 0.5) is 10.8 Å². The van der Waals surface area contributed by atoms with Crippen LogP contribution < -0.4 is 10.6 Å². The van der Waals surface area contributed by atoms with Crippen LogP contribution in [0.2, 0.25) is 10.0 Å². The largest absolute Gasteiger partial charge is 0.322 e. The van der Waals surface area contributed by atoms with Crippen LogP contribution in [0.5, 0.6) is 0 Å². The Kier molecular flexibility index (Phi) is 6.27. The van der Waals surface area contributed by atoms with Gasteiger partial charge in [-0.2, -0.15) is 0 Å². The molecule has 0 unspecified atom stereocenters. The van der Waals surface area contributed by atoms with Gasteiger partial charge in [0.15, 0.2) is 0 Å². The molecule has 2 amide bonds. The number of nitrogens with zero attached hydrogens (tertiary/aromatic N) is 2. The number of hydrogen-bond acceptors (Lipinski definition) is 5. The second-order valence-electron chi connectivity index (χ2n) is 6.39. The average Bonchev–Trinajstić information content (AvgIpc) is 3.23. The monoisotopic (exact) mass is 468 g/mol. The van der Waals surface area contributed by atoms with Gasteiger partial charge in [-0.25, -0.2) is 0 Å². The third-order valence-electron chi connectivity index (χ3n) is 4.22. The van der Waals surface area contributed by atoms with Gasteiger partial charge in [0.25, 0.3) is 11.8 Å². The summed E-state index contributed by atoms with van der Waals surface area (Å²) in [6.07, 6.45) is 0. The standard InChI is InChI=1S/C22H14Cl2N4O2S/c23-15-9-10-17(18(24)12-15)20(30)25-16-8-4-7-14(11-16)19(29)26-22-28-27-21(31-22)13-5-2-1-3-6-13/h1-12H,(H,25,30)(H,26,28,29). The van der Waals surface area contributed by atoms with Gasteiger partial charge in [-0.05, 0) is 36.4 Å². The number of aromatic nitrogens is 2. The lowest BCUT2D eigenvalue weighted by atomic mass is 10.1. The molecule has 0 fully saturated rings. The highest BCUT2D eigenvalue weighted by molar-refractivity contribution is 7.18. The molecule has 1 aromatic heterocycles. The fourth-order valence-corrected chi connectivity index (χ4v) is 3.99. The molecule has 9 heteroatoms. The molecule has 4 aromatic rings. The predicted molar refractivity (Wildman–Crippen MR) is 124 cm³/mol. The zero-order valence-electron chi connectivity index (χ0n) is 15.8. The third kappa shape index (κ3) is 5.08. The molecule has 4 rings (SSSR count). The topological polar surface area (TPSA) is 84.0 Å². The first kappa shape index (κ1) is 21.0. The van der Waals surface area contributed by atoms with Gasteiger partial charge in [0.05, 0.1) is 10.6 Å². The van der Waals surface area contributed by atoms with E-state index < -0.39 is 5.91 Å². The summed E-state index contributed by atoms with van der Waals surface area (Å²) in [7, 11) is 0. The maximum Gasteiger partial charge on any atom is 0.257 e. The molecule has 0 bridgehead atoms. The predicted octanol–water partition coefficient (Wildman–Crippen LogP) is 6.02. The number of rotatable bonds is 5. The van der Waals surface area contributed by atoms with Gasteiger partial charge in [-0.1, -0.05) is 70.9 Å². The Bertz CT molecular complexity index is 1260. The average molecular weight is 469 g/mol. The lowest BCUT2D eigenvalue weighted by molar-refractivity contribution is 0.101. The molecular formula is C22H14Cl2N4O2S. The molecule has 0 atom stereocenters. The maximum absolute atomic E-state index is 12.6. The zero-order chi connectivity index (χ0) is 21.8. The van der Waals surface area contributed by atoms with Crippen molar-refractivity contribution >= 4 is 57.2 Å². The molecule has 3 aromatic carbocycles. The molecule has 6 nitrogen and oxygen atoms in total. The van der Waals surface area contributed by atoms with Gasteiger partial charge < -0.3 is 5.32 Å². The summed E-state index contributed by atoms with van der Waals surface area (Å²) in [5.41, 5.74) is 2.01. The van der Waals surface area contributed by atoms with Gasteiger partial charge >= 0.3 is 0 Å². The lowest BCUT2D eigenvalue weighted by Gasteiger charge is -2.08. The van der Waals surface area contributed by atoms with Crippen molar-refractivity contribution in [1.82, 2.24) is 10.2 Å². The third-order valence-corrected chi connectivity index (χ3v) is 5.66. The van der Waals surface area contributed by atoms with Gasteiger partial charge in [-0.15, -0.1) is 10.2 Å². The minimum atomic E-state index is -0.407. The Morgan fingerprint density at radius 1 is 0.806 bits per heavy atom. The highest BCUT2D eigenvalue weighted by Gasteiger charge is 2.14. The summed E-state index contributed by atoms with van der Waals surface area (Å²) in [6.45, 7) is 0. The van der Waals surface area contributed by atoms with Crippen LogP contribution in [0.1, 0.15) is 20.7 Å². The van der Waals surface area contributed by atoms with Gasteiger partial charge in [-0.3, -0.25) is 14.9 Å². The molecule has 0 spiro atoms. The van der Waals surface area contributed by atoms with Crippen molar-refractivity contribution in [2.24, 2.45) is 0 Å². The second kappa shape index (κ2) is 9.26. The summed E-state index contributed by atoms with van der Waals surface area (Å²) < 4.78 is 0. The van der Waals surface area contributed by atoms with Crippen molar-refractivity contribution in [2.75, 3.05) is 10.6 Å². The smallest absolute Gasteiger partial charge is 0.257 e. The first-order valence-electron chi connectivity index (χ1n) is 9.06. The Morgan fingerprint density at radius 3 is 2.39 bits per heavy atom. The zero-order valence-corrected chi connectivity index (χ0v) is 18.1. The number of carbonyl (C=O) groups is 2. The molecule has 0 aliphatic rings. The Balaban J connectivity index is 1.46. The molecule has 2 N–H and O–H groups in total. The number of amides is 2. The molecule has 31 heavy (non-hydrogen) atoms. The van der Waals surface area contributed by atoms with Gasteiger partial charge in [0, 0.05) is 21.8 Å². The molecule has 0 saturated heterocycles. The molecule has 0 aliphatic heterocycles. The first-order valence-corrected chi connectivity index (χ1v) is 10.6. The molecule has 0 saturated carbocycles. The maximum atomic E-state index is 12.6. The fourth-order valence-electron chi connectivity index (χ4n) is 2.75. The van der Waals surface area contributed by atoms with E-state index in [9.17, 15) is 9.59 Å². The number of carbonyl (C=O) groups excluding carboxylic acids is 2. The van der Waals surface area contributed by atoms with Crippen LogP contribution in [-0.2, 0) is 0 Å². The number of benzene rings is 3. The Morgan fingerprint density at radius 2 is 1.61 bits per heavy atom. The van der Waals surface area contributed by atoms with E-state index in [4.69, 9.17) is 23.2 Å². The minimum absolute atomic E-state index is 0.240. The number of nitrogens with one attached hydrogen (secondary N) is 2. The summed E-state index contributed by atoms with van der Waals surface area (Å²) >= 11 is 13.2. The van der Waals surface area contributed by atoms with Crippen molar-refractivity contribution in [3.63, 3.8) is 0 Å². The minimum Gasteiger partial charge on any atom is -0.322 e. The number of anilines is 2. The van der Waals surface area contributed by atoms with Gasteiger partial charge in [0.2, 0.25) is 5.13 Å². The number of halogens is 2. The van der Waals surface area contributed by atoms with E-state index in [0.717, 1.165) is 5.56 Å². The van der Waals surface area contributed by atoms with Crippen molar-refractivity contribution in [2.45, 2.75) is 0 Å². The van der Waals surface area contributed by atoms with E-state index in [1.165, 1.54) is 23.5 Å². The van der Waals surface area contributed by atoms with E-state index in [2.05, 4.69) is 20.8 Å². The molecule has 0 radical (unpaired) electrons. The Labute approximate surface area is 191 Å². The van der Waals surface area contributed by atoms with E-state index in [1.807, 2.05) is 30.3 Å². The molecule has 154 valence electrons. The summed E-state index contributed by atoms with van der Waals surface area (Å²) in [6, 6.07) is 20.7. The highest BCUT2D eigenvalue weighted by atomic mass is 35.5. The van der Waals surface area contributed by atoms with Crippen molar-refractivity contribution < 1.29 is 9.59 Å². The normalized spacial score (nSPS) is 10.5. The van der Waals surface area contributed by atoms with Gasteiger partial charge in [0.1, 0.15) is 5.01 Å². The highest BCUT2D eigenvalue weighted by Crippen LogP contribution is 2.26. The molecule has 0 aliphatic carbocycles. The van der Waals surface area contributed by atoms with E-state index in [0.29, 0.717) is 26.4 Å². The molecular weight excluding hydrogens is 455 g/mol. The summed E-state index contributed by atoms with van der Waals surface area (Å²) in [5, 5.41) is 15.4.